The molecule has 2 saturated carbocycles. The van der Waals surface area contributed by atoms with Crippen molar-refractivity contribution in [3.63, 3.8) is 0 Å². The van der Waals surface area contributed by atoms with Crippen LogP contribution in [0.5, 0.6) is 0 Å². The fourth-order valence-electron chi connectivity index (χ4n) is 4.07. The summed E-state index contributed by atoms with van der Waals surface area (Å²) in [6.45, 7) is 2.46. The molecule has 2 N–H and O–H groups in total. The van der Waals surface area contributed by atoms with E-state index in [9.17, 15) is 9.59 Å². The molecule has 2 fully saturated rings. The molecule has 5 heteroatoms. The minimum Gasteiger partial charge on any atom is -0.469 e. The monoisotopic (exact) mass is 304 g/mol. The zero-order valence-electron chi connectivity index (χ0n) is 13.1. The van der Waals surface area contributed by atoms with Crippen LogP contribution in [0.3, 0.4) is 0 Å². The lowest BCUT2D eigenvalue weighted by Gasteiger charge is -2.21. The van der Waals surface area contributed by atoms with Crippen LogP contribution in [0.1, 0.15) is 48.2 Å². The lowest BCUT2D eigenvalue weighted by atomic mass is 9.86. The Bertz CT molecular complexity index is 552. The number of nitrogens with one attached hydrogen (secondary N) is 2. The van der Waals surface area contributed by atoms with E-state index in [-0.39, 0.29) is 18.4 Å². The second kappa shape index (κ2) is 6.55. The molecule has 2 aliphatic rings. The van der Waals surface area contributed by atoms with E-state index < -0.39 is 0 Å². The van der Waals surface area contributed by atoms with Crippen LogP contribution >= 0.6 is 0 Å². The van der Waals surface area contributed by atoms with Gasteiger partial charge in [-0.3, -0.25) is 9.59 Å². The standard InChI is InChI=1S/C17H24N2O3/c1-11-15(5-7-22-11)17(21)19-10-16(20)18-6-4-14-9-12-2-3-13(14)8-12/h5,7,12-14H,2-4,6,8-10H2,1H3,(H,18,20)(H,19,21)/t12-,13-,14-/m0/s1. The largest absolute Gasteiger partial charge is 0.469 e. The number of aryl methyl sites for hydroxylation is 1. The van der Waals surface area contributed by atoms with Gasteiger partial charge in [0.05, 0.1) is 18.4 Å². The molecule has 2 bridgehead atoms. The Kier molecular flexibility index (Phi) is 4.50. The molecule has 0 unspecified atom stereocenters. The first kappa shape index (κ1) is 15.1. The van der Waals surface area contributed by atoms with Crippen molar-refractivity contribution in [2.24, 2.45) is 17.8 Å². The molecule has 2 aliphatic carbocycles. The molecule has 3 atom stereocenters. The maximum absolute atomic E-state index is 11.8. The Hall–Kier alpha value is -1.78. The zero-order valence-corrected chi connectivity index (χ0v) is 13.1. The second-order valence-corrected chi connectivity index (χ2v) is 6.65. The van der Waals surface area contributed by atoms with Crippen molar-refractivity contribution in [3.8, 4) is 0 Å². The molecule has 0 spiro atoms. The number of rotatable bonds is 6. The average molecular weight is 304 g/mol. The highest BCUT2D eigenvalue weighted by Gasteiger charge is 2.38. The summed E-state index contributed by atoms with van der Waals surface area (Å²) in [6, 6.07) is 1.61. The van der Waals surface area contributed by atoms with Gasteiger partial charge < -0.3 is 15.1 Å². The van der Waals surface area contributed by atoms with Crippen molar-refractivity contribution in [2.45, 2.75) is 39.0 Å². The first-order chi connectivity index (χ1) is 10.6. The van der Waals surface area contributed by atoms with Gasteiger partial charge in [-0.1, -0.05) is 6.42 Å². The third-order valence-electron chi connectivity index (χ3n) is 5.23. The van der Waals surface area contributed by atoms with E-state index in [4.69, 9.17) is 4.42 Å². The first-order valence-electron chi connectivity index (χ1n) is 8.22. The van der Waals surface area contributed by atoms with Gasteiger partial charge in [0.2, 0.25) is 5.91 Å². The third-order valence-corrected chi connectivity index (χ3v) is 5.23. The van der Waals surface area contributed by atoms with E-state index in [1.807, 2.05) is 0 Å². The maximum Gasteiger partial charge on any atom is 0.255 e. The van der Waals surface area contributed by atoms with E-state index in [2.05, 4.69) is 10.6 Å². The maximum atomic E-state index is 11.8. The zero-order chi connectivity index (χ0) is 15.5. The minimum atomic E-state index is -0.269. The Morgan fingerprint density at radius 2 is 2.14 bits per heavy atom. The van der Waals surface area contributed by atoms with Gasteiger partial charge in [0.15, 0.2) is 0 Å². The Labute approximate surface area is 130 Å². The van der Waals surface area contributed by atoms with Crippen LogP contribution in [-0.2, 0) is 4.79 Å². The molecular weight excluding hydrogens is 280 g/mol. The number of fused-ring (bicyclic) bond motifs is 2. The molecule has 120 valence electrons. The Morgan fingerprint density at radius 1 is 1.27 bits per heavy atom. The third kappa shape index (κ3) is 3.34. The highest BCUT2D eigenvalue weighted by atomic mass is 16.3. The number of carbonyl (C=O) groups is 2. The van der Waals surface area contributed by atoms with Gasteiger partial charge in [-0.25, -0.2) is 0 Å². The average Bonchev–Trinajstić information content (AvgIpc) is 3.21. The van der Waals surface area contributed by atoms with Crippen molar-refractivity contribution >= 4 is 11.8 Å². The fraction of sp³-hybridized carbons (Fsp3) is 0.647. The van der Waals surface area contributed by atoms with Crippen LogP contribution in [0.2, 0.25) is 0 Å². The summed E-state index contributed by atoms with van der Waals surface area (Å²) >= 11 is 0. The van der Waals surface area contributed by atoms with Gasteiger partial charge in [-0.15, -0.1) is 0 Å². The first-order valence-corrected chi connectivity index (χ1v) is 8.22. The lowest BCUT2D eigenvalue weighted by Crippen LogP contribution is -2.37. The van der Waals surface area contributed by atoms with Gasteiger partial charge in [0.25, 0.3) is 5.91 Å². The molecule has 3 rings (SSSR count). The van der Waals surface area contributed by atoms with Crippen LogP contribution in [-0.4, -0.2) is 24.9 Å². The van der Waals surface area contributed by atoms with E-state index >= 15 is 0 Å². The van der Waals surface area contributed by atoms with E-state index in [0.29, 0.717) is 17.9 Å². The number of amides is 2. The predicted molar refractivity (Wildman–Crippen MR) is 82.3 cm³/mol. The van der Waals surface area contributed by atoms with Gasteiger partial charge in [-0.2, -0.15) is 0 Å². The van der Waals surface area contributed by atoms with Crippen LogP contribution < -0.4 is 10.6 Å². The van der Waals surface area contributed by atoms with Crippen molar-refractivity contribution < 1.29 is 14.0 Å². The molecule has 0 aromatic carbocycles. The van der Waals surface area contributed by atoms with Crippen molar-refractivity contribution in [3.05, 3.63) is 23.7 Å². The van der Waals surface area contributed by atoms with Crippen LogP contribution in [0.25, 0.3) is 0 Å². The summed E-state index contributed by atoms with van der Waals surface area (Å²) in [6.07, 6.45) is 8.08. The topological polar surface area (TPSA) is 71.3 Å². The van der Waals surface area contributed by atoms with Crippen molar-refractivity contribution in [1.82, 2.24) is 10.6 Å². The van der Waals surface area contributed by atoms with Crippen LogP contribution in [0, 0.1) is 24.7 Å². The molecular formula is C17H24N2O3. The number of carbonyl (C=O) groups excluding carboxylic acids is 2. The molecule has 1 aromatic heterocycles. The molecule has 1 aromatic rings. The molecule has 0 radical (unpaired) electrons. The molecule has 2 amide bonds. The van der Waals surface area contributed by atoms with Crippen LogP contribution in [0.15, 0.2) is 16.7 Å². The van der Waals surface area contributed by atoms with Gasteiger partial charge >= 0.3 is 0 Å². The SMILES string of the molecule is Cc1occc1C(=O)NCC(=O)NCC[C@H]1C[C@H]2CC[C@H]1C2. The summed E-state index contributed by atoms with van der Waals surface area (Å²) < 4.78 is 5.08. The quantitative estimate of drug-likeness (QED) is 0.847. The smallest absolute Gasteiger partial charge is 0.255 e. The highest BCUT2D eigenvalue weighted by Crippen LogP contribution is 2.49. The fourth-order valence-corrected chi connectivity index (χ4v) is 4.07. The van der Waals surface area contributed by atoms with Crippen LogP contribution in [0.4, 0.5) is 0 Å². The van der Waals surface area contributed by atoms with Gasteiger partial charge in [0, 0.05) is 6.54 Å². The Balaban J connectivity index is 1.33. The lowest BCUT2D eigenvalue weighted by molar-refractivity contribution is -0.120. The van der Waals surface area contributed by atoms with E-state index in [0.717, 1.165) is 24.2 Å². The number of furan rings is 1. The molecule has 22 heavy (non-hydrogen) atoms. The molecule has 0 saturated heterocycles. The van der Waals surface area contributed by atoms with Crippen molar-refractivity contribution in [2.75, 3.05) is 13.1 Å². The number of hydrogen-bond donors (Lipinski definition) is 2. The summed E-state index contributed by atoms with van der Waals surface area (Å²) in [4.78, 5) is 23.6. The van der Waals surface area contributed by atoms with Crippen molar-refractivity contribution in [1.29, 1.82) is 0 Å². The van der Waals surface area contributed by atoms with E-state index in [1.165, 1.54) is 31.9 Å². The molecule has 1 heterocycles. The highest BCUT2D eigenvalue weighted by molar-refractivity contribution is 5.97. The van der Waals surface area contributed by atoms with E-state index in [1.54, 1.807) is 13.0 Å². The summed E-state index contributed by atoms with van der Waals surface area (Å²) in [5.41, 5.74) is 0.481. The Morgan fingerprint density at radius 3 is 2.77 bits per heavy atom. The predicted octanol–water partition coefficient (Wildman–Crippen LogP) is 2.26. The number of hydrogen-bond acceptors (Lipinski definition) is 3. The summed E-state index contributed by atoms with van der Waals surface area (Å²) in [5.74, 6) is 2.80. The second-order valence-electron chi connectivity index (χ2n) is 6.65. The molecule has 5 nitrogen and oxygen atoms in total. The minimum absolute atomic E-state index is 0.0141. The van der Waals surface area contributed by atoms with Gasteiger partial charge in [0.1, 0.15) is 5.76 Å². The summed E-state index contributed by atoms with van der Waals surface area (Å²) in [7, 11) is 0. The normalized spacial score (nSPS) is 26.1. The summed E-state index contributed by atoms with van der Waals surface area (Å²) in [5, 5.41) is 5.53. The van der Waals surface area contributed by atoms with Gasteiger partial charge in [-0.05, 0) is 56.4 Å². The molecule has 0 aliphatic heterocycles.